The molecule has 0 aliphatic heterocycles. The van der Waals surface area contributed by atoms with Gasteiger partial charge in [0.1, 0.15) is 16.5 Å². The van der Waals surface area contributed by atoms with E-state index in [-0.39, 0.29) is 12.3 Å². The standard InChI is InChI=1S/C18H23N3O3S/c1-5-23-14-7-8-16(24-6-2)15(9-14)13(4)20-21-17(22)10-18-19-12(3)11-25-18/h7-9,11H,5-6,10H2,1-4H3,(H,21,22)/b20-13-. The fourth-order valence-electron chi connectivity index (χ4n) is 2.20. The summed E-state index contributed by atoms with van der Waals surface area (Å²) in [7, 11) is 0. The number of carbonyl (C=O) groups is 1. The minimum atomic E-state index is -0.201. The molecule has 1 aromatic carbocycles. The predicted octanol–water partition coefficient (Wildman–Crippen LogP) is 3.33. The van der Waals surface area contributed by atoms with E-state index in [1.807, 2.05) is 51.3 Å². The molecule has 0 saturated heterocycles. The number of hydrogen-bond acceptors (Lipinski definition) is 6. The van der Waals surface area contributed by atoms with Crippen LogP contribution in [0.3, 0.4) is 0 Å². The van der Waals surface area contributed by atoms with Crippen LogP contribution >= 0.6 is 11.3 Å². The Kier molecular flexibility index (Phi) is 6.94. The Morgan fingerprint density at radius 3 is 2.68 bits per heavy atom. The van der Waals surface area contributed by atoms with Crippen LogP contribution in [-0.2, 0) is 11.2 Å². The summed E-state index contributed by atoms with van der Waals surface area (Å²) in [5, 5.41) is 6.90. The smallest absolute Gasteiger partial charge is 0.246 e. The molecule has 1 heterocycles. The molecule has 1 aromatic heterocycles. The van der Waals surface area contributed by atoms with Gasteiger partial charge in [0.15, 0.2) is 0 Å². The van der Waals surface area contributed by atoms with E-state index in [2.05, 4.69) is 15.5 Å². The van der Waals surface area contributed by atoms with Crippen LogP contribution in [0.4, 0.5) is 0 Å². The Hall–Kier alpha value is -2.41. The van der Waals surface area contributed by atoms with Crippen LogP contribution in [0.2, 0.25) is 0 Å². The SMILES string of the molecule is CCOc1ccc(OCC)c(/C(C)=N\NC(=O)Cc2nc(C)cs2)c1. The molecule has 0 atom stereocenters. The number of ether oxygens (including phenoxy) is 2. The van der Waals surface area contributed by atoms with Crippen LogP contribution in [0, 0.1) is 6.92 Å². The third-order valence-corrected chi connectivity index (χ3v) is 4.24. The number of nitrogens with zero attached hydrogens (tertiary/aromatic N) is 2. The first-order valence-corrected chi connectivity index (χ1v) is 9.05. The minimum Gasteiger partial charge on any atom is -0.494 e. The van der Waals surface area contributed by atoms with Gasteiger partial charge in [0.2, 0.25) is 5.91 Å². The Morgan fingerprint density at radius 1 is 1.28 bits per heavy atom. The van der Waals surface area contributed by atoms with Crippen molar-refractivity contribution in [1.29, 1.82) is 0 Å². The molecule has 0 aliphatic rings. The third kappa shape index (κ3) is 5.56. The van der Waals surface area contributed by atoms with Gasteiger partial charge < -0.3 is 9.47 Å². The summed E-state index contributed by atoms with van der Waals surface area (Å²) in [6, 6.07) is 5.57. The predicted molar refractivity (Wildman–Crippen MR) is 99.7 cm³/mol. The van der Waals surface area contributed by atoms with Gasteiger partial charge in [-0.15, -0.1) is 11.3 Å². The van der Waals surface area contributed by atoms with E-state index in [0.717, 1.165) is 22.0 Å². The van der Waals surface area contributed by atoms with E-state index in [1.54, 1.807) is 0 Å². The molecule has 0 bridgehead atoms. The van der Waals surface area contributed by atoms with Crippen LogP contribution in [0.5, 0.6) is 11.5 Å². The highest BCUT2D eigenvalue weighted by Gasteiger charge is 2.11. The van der Waals surface area contributed by atoms with Crippen molar-refractivity contribution >= 4 is 23.0 Å². The molecule has 134 valence electrons. The zero-order chi connectivity index (χ0) is 18.2. The number of carbonyl (C=O) groups excluding carboxylic acids is 1. The lowest BCUT2D eigenvalue weighted by atomic mass is 10.1. The Labute approximate surface area is 151 Å². The first-order valence-electron chi connectivity index (χ1n) is 8.17. The van der Waals surface area contributed by atoms with Gasteiger partial charge in [0, 0.05) is 16.6 Å². The summed E-state index contributed by atoms with van der Waals surface area (Å²) in [4.78, 5) is 16.3. The van der Waals surface area contributed by atoms with E-state index in [0.29, 0.717) is 24.7 Å². The lowest BCUT2D eigenvalue weighted by molar-refractivity contribution is -0.120. The quantitative estimate of drug-likeness (QED) is 0.578. The van der Waals surface area contributed by atoms with Crippen LogP contribution in [0.25, 0.3) is 0 Å². The fraction of sp³-hybridized carbons (Fsp3) is 0.389. The van der Waals surface area contributed by atoms with Crippen LogP contribution in [0.1, 0.15) is 37.0 Å². The molecule has 0 spiro atoms. The number of rotatable bonds is 8. The molecule has 1 N–H and O–H groups in total. The zero-order valence-corrected chi connectivity index (χ0v) is 15.8. The normalized spacial score (nSPS) is 11.3. The van der Waals surface area contributed by atoms with E-state index in [4.69, 9.17) is 9.47 Å². The number of benzene rings is 1. The highest BCUT2D eigenvalue weighted by atomic mass is 32.1. The van der Waals surface area contributed by atoms with Crippen molar-refractivity contribution in [3.8, 4) is 11.5 Å². The summed E-state index contributed by atoms with van der Waals surface area (Å²) in [6.07, 6.45) is 0.215. The summed E-state index contributed by atoms with van der Waals surface area (Å²) in [5.41, 5.74) is 4.93. The van der Waals surface area contributed by atoms with Crippen molar-refractivity contribution in [2.45, 2.75) is 34.1 Å². The van der Waals surface area contributed by atoms with Gasteiger partial charge in [-0.3, -0.25) is 4.79 Å². The molecular weight excluding hydrogens is 338 g/mol. The van der Waals surface area contributed by atoms with Crippen LogP contribution in [-0.4, -0.2) is 29.8 Å². The molecule has 0 unspecified atom stereocenters. The van der Waals surface area contributed by atoms with Gasteiger partial charge in [-0.25, -0.2) is 10.4 Å². The number of nitrogens with one attached hydrogen (secondary N) is 1. The maximum atomic E-state index is 12.0. The highest BCUT2D eigenvalue weighted by Crippen LogP contribution is 2.25. The Morgan fingerprint density at radius 2 is 2.04 bits per heavy atom. The van der Waals surface area contributed by atoms with Crippen molar-refractivity contribution in [2.75, 3.05) is 13.2 Å². The summed E-state index contributed by atoms with van der Waals surface area (Å²) in [6.45, 7) is 8.70. The summed E-state index contributed by atoms with van der Waals surface area (Å²) in [5.74, 6) is 1.24. The first kappa shape index (κ1) is 18.9. The van der Waals surface area contributed by atoms with Gasteiger partial charge >= 0.3 is 0 Å². The Bertz CT molecular complexity index is 756. The molecule has 2 aromatic rings. The van der Waals surface area contributed by atoms with Gasteiger partial charge in [0.05, 0.1) is 25.3 Å². The molecule has 0 saturated carbocycles. The molecule has 0 aliphatic carbocycles. The first-order chi connectivity index (χ1) is 12.0. The van der Waals surface area contributed by atoms with E-state index in [1.165, 1.54) is 11.3 Å². The van der Waals surface area contributed by atoms with Crippen molar-refractivity contribution in [3.63, 3.8) is 0 Å². The van der Waals surface area contributed by atoms with Crippen LogP contribution < -0.4 is 14.9 Å². The molecule has 1 amide bonds. The minimum absolute atomic E-state index is 0.201. The van der Waals surface area contributed by atoms with Crippen molar-refractivity contribution in [1.82, 2.24) is 10.4 Å². The molecule has 2 rings (SSSR count). The molecule has 0 radical (unpaired) electrons. The maximum absolute atomic E-state index is 12.0. The number of aromatic nitrogens is 1. The lowest BCUT2D eigenvalue weighted by Crippen LogP contribution is -2.21. The summed E-state index contributed by atoms with van der Waals surface area (Å²) < 4.78 is 11.2. The van der Waals surface area contributed by atoms with Gasteiger partial charge in [-0.1, -0.05) is 0 Å². The van der Waals surface area contributed by atoms with E-state index in [9.17, 15) is 4.79 Å². The molecule has 6 nitrogen and oxygen atoms in total. The van der Waals surface area contributed by atoms with Gasteiger partial charge in [-0.05, 0) is 45.9 Å². The molecule has 0 fully saturated rings. The monoisotopic (exact) mass is 361 g/mol. The fourth-order valence-corrected chi connectivity index (χ4v) is 2.97. The van der Waals surface area contributed by atoms with Crippen molar-refractivity contribution in [2.24, 2.45) is 5.10 Å². The Balaban J connectivity index is 2.11. The molecular formula is C18H23N3O3S. The van der Waals surface area contributed by atoms with Crippen molar-refractivity contribution in [3.05, 3.63) is 39.8 Å². The third-order valence-electron chi connectivity index (χ3n) is 3.28. The second kappa shape index (κ2) is 9.17. The zero-order valence-electron chi connectivity index (χ0n) is 15.0. The van der Waals surface area contributed by atoms with Gasteiger partial charge in [0.25, 0.3) is 0 Å². The topological polar surface area (TPSA) is 72.8 Å². The molecule has 7 heteroatoms. The van der Waals surface area contributed by atoms with E-state index < -0.39 is 0 Å². The summed E-state index contributed by atoms with van der Waals surface area (Å²) >= 11 is 1.47. The number of hydrogen-bond donors (Lipinski definition) is 1. The maximum Gasteiger partial charge on any atom is 0.246 e. The van der Waals surface area contributed by atoms with Gasteiger partial charge in [-0.2, -0.15) is 5.10 Å². The average molecular weight is 361 g/mol. The number of thiazole rings is 1. The van der Waals surface area contributed by atoms with Crippen LogP contribution in [0.15, 0.2) is 28.7 Å². The largest absolute Gasteiger partial charge is 0.494 e. The van der Waals surface area contributed by atoms with E-state index >= 15 is 0 Å². The highest BCUT2D eigenvalue weighted by molar-refractivity contribution is 7.09. The number of aryl methyl sites for hydroxylation is 1. The number of hydrazone groups is 1. The molecule has 25 heavy (non-hydrogen) atoms. The number of amides is 1. The second-order valence-corrected chi connectivity index (χ2v) is 6.26. The lowest BCUT2D eigenvalue weighted by Gasteiger charge is -2.12. The average Bonchev–Trinajstić information content (AvgIpc) is 2.99. The van der Waals surface area contributed by atoms with Crippen molar-refractivity contribution < 1.29 is 14.3 Å². The second-order valence-electron chi connectivity index (χ2n) is 5.32.